The molecule has 0 atom stereocenters. The molecule has 0 radical (unpaired) electrons. The van der Waals surface area contributed by atoms with Gasteiger partial charge in [-0.2, -0.15) is 4.99 Å². The highest BCUT2D eigenvalue weighted by Crippen LogP contribution is 2.30. The first-order valence-corrected chi connectivity index (χ1v) is 9.02. The molecule has 140 valence electrons. The van der Waals surface area contributed by atoms with Gasteiger partial charge >= 0.3 is 6.09 Å². The van der Waals surface area contributed by atoms with Crippen LogP contribution < -0.4 is 10.1 Å². The van der Waals surface area contributed by atoms with Gasteiger partial charge in [0.05, 0.1) is 17.5 Å². The molecule has 8 heteroatoms. The summed E-state index contributed by atoms with van der Waals surface area (Å²) in [7, 11) is 1.60. The molecule has 0 saturated carbocycles. The smallest absolute Gasteiger partial charge is 0.413 e. The molecule has 0 aliphatic carbocycles. The Balaban J connectivity index is 1.78. The molecule has 27 heavy (non-hydrogen) atoms. The minimum Gasteiger partial charge on any atom is -0.496 e. The third-order valence-electron chi connectivity index (χ3n) is 3.47. The number of hydrogen-bond donors (Lipinski definition) is 1. The van der Waals surface area contributed by atoms with Crippen molar-refractivity contribution in [2.45, 2.75) is 26.4 Å². The zero-order valence-electron chi connectivity index (χ0n) is 15.4. The molecule has 1 aliphatic heterocycles. The number of pyridine rings is 1. The van der Waals surface area contributed by atoms with E-state index >= 15 is 0 Å². The van der Waals surface area contributed by atoms with Crippen LogP contribution >= 0.6 is 11.8 Å². The molecular weight excluding hydrogens is 366 g/mol. The number of carbonyl (C=O) groups excluding carboxylic acids is 2. The van der Waals surface area contributed by atoms with Gasteiger partial charge in [0.1, 0.15) is 11.4 Å². The topological polar surface area (TPSA) is 89.9 Å². The van der Waals surface area contributed by atoms with Crippen molar-refractivity contribution >= 4 is 45.9 Å². The highest BCUT2D eigenvalue weighted by atomic mass is 32.2. The normalized spacial score (nSPS) is 15.8. The Bertz CT molecular complexity index is 977. The number of carbonyl (C=O) groups is 2. The Kier molecular flexibility index (Phi) is 5.18. The fourth-order valence-corrected chi connectivity index (χ4v) is 3.21. The van der Waals surface area contributed by atoms with Gasteiger partial charge in [-0.05, 0) is 62.4 Å². The van der Waals surface area contributed by atoms with Crippen molar-refractivity contribution in [2.24, 2.45) is 4.99 Å². The Morgan fingerprint density at radius 3 is 2.74 bits per heavy atom. The molecule has 2 aromatic rings. The predicted molar refractivity (Wildman–Crippen MR) is 106 cm³/mol. The van der Waals surface area contributed by atoms with Crippen molar-refractivity contribution in [3.8, 4) is 5.75 Å². The van der Waals surface area contributed by atoms with E-state index in [0.29, 0.717) is 10.7 Å². The lowest BCUT2D eigenvalue weighted by Crippen LogP contribution is -2.34. The average molecular weight is 385 g/mol. The summed E-state index contributed by atoms with van der Waals surface area (Å²) < 4.78 is 10.5. The van der Waals surface area contributed by atoms with Crippen LogP contribution in [0.2, 0.25) is 0 Å². The van der Waals surface area contributed by atoms with Crippen molar-refractivity contribution in [3.63, 3.8) is 0 Å². The summed E-state index contributed by atoms with van der Waals surface area (Å²) in [5, 5.41) is 3.53. The van der Waals surface area contributed by atoms with Crippen molar-refractivity contribution in [1.29, 1.82) is 0 Å². The van der Waals surface area contributed by atoms with Crippen molar-refractivity contribution in [3.05, 3.63) is 40.9 Å². The number of amidine groups is 1. The van der Waals surface area contributed by atoms with Crippen LogP contribution in [-0.4, -0.2) is 34.9 Å². The van der Waals surface area contributed by atoms with Crippen LogP contribution in [0.4, 0.5) is 4.79 Å². The molecular formula is C19H19N3O4S. The van der Waals surface area contributed by atoms with E-state index in [0.717, 1.165) is 28.2 Å². The molecule has 2 amide bonds. The second kappa shape index (κ2) is 7.40. The van der Waals surface area contributed by atoms with Crippen molar-refractivity contribution in [1.82, 2.24) is 10.3 Å². The van der Waals surface area contributed by atoms with Crippen LogP contribution in [0.25, 0.3) is 17.0 Å². The summed E-state index contributed by atoms with van der Waals surface area (Å²) in [5.74, 6) is 0.290. The third-order valence-corrected chi connectivity index (χ3v) is 4.37. The van der Waals surface area contributed by atoms with Crippen molar-refractivity contribution < 1.29 is 19.1 Å². The molecule has 1 N–H and O–H groups in total. The molecule has 0 saturated heterocycles. The first-order chi connectivity index (χ1) is 12.7. The first-order valence-electron chi connectivity index (χ1n) is 8.20. The number of aromatic nitrogens is 1. The number of rotatable bonds is 2. The number of nitrogens with one attached hydrogen (secondary N) is 1. The van der Waals surface area contributed by atoms with E-state index in [1.165, 1.54) is 0 Å². The summed E-state index contributed by atoms with van der Waals surface area (Å²) in [5.41, 5.74) is 0.971. The molecule has 0 spiro atoms. The SMILES string of the molecule is COc1ccnc2ccc(/C=C3\SC(NC(=O)OC(C)(C)C)=NC3=O)cc12. The summed E-state index contributed by atoms with van der Waals surface area (Å²) in [6.45, 7) is 5.28. The second-order valence-corrected chi connectivity index (χ2v) is 7.78. The minimum absolute atomic E-state index is 0.195. The van der Waals surface area contributed by atoms with E-state index in [1.54, 1.807) is 46.2 Å². The fourth-order valence-electron chi connectivity index (χ4n) is 2.41. The molecule has 1 aromatic carbocycles. The minimum atomic E-state index is -0.649. The van der Waals surface area contributed by atoms with E-state index in [1.807, 2.05) is 18.2 Å². The van der Waals surface area contributed by atoms with Gasteiger partial charge < -0.3 is 9.47 Å². The van der Waals surface area contributed by atoms with E-state index < -0.39 is 17.6 Å². The molecule has 1 aliphatic rings. The average Bonchev–Trinajstić information content (AvgIpc) is 2.91. The summed E-state index contributed by atoms with van der Waals surface area (Å²) >= 11 is 1.09. The number of benzene rings is 1. The molecule has 0 unspecified atom stereocenters. The zero-order valence-corrected chi connectivity index (χ0v) is 16.2. The van der Waals surface area contributed by atoms with Gasteiger partial charge in [-0.3, -0.25) is 15.1 Å². The maximum atomic E-state index is 12.1. The summed E-state index contributed by atoms with van der Waals surface area (Å²) in [4.78, 5) is 32.5. The largest absolute Gasteiger partial charge is 0.496 e. The van der Waals surface area contributed by atoms with Gasteiger partial charge in [0.25, 0.3) is 5.91 Å². The quantitative estimate of drug-likeness (QED) is 0.792. The highest BCUT2D eigenvalue weighted by Gasteiger charge is 2.25. The van der Waals surface area contributed by atoms with E-state index in [-0.39, 0.29) is 5.17 Å². The highest BCUT2D eigenvalue weighted by molar-refractivity contribution is 8.18. The number of aliphatic imine (C=N–C) groups is 1. The number of hydrogen-bond acceptors (Lipinski definition) is 6. The fraction of sp³-hybridized carbons (Fsp3) is 0.263. The maximum absolute atomic E-state index is 12.1. The van der Waals surface area contributed by atoms with Crippen LogP contribution in [0.1, 0.15) is 26.3 Å². The number of methoxy groups -OCH3 is 1. The molecule has 7 nitrogen and oxygen atoms in total. The molecule has 2 heterocycles. The first kappa shape index (κ1) is 18.9. The standard InChI is InChI=1S/C19H19N3O4S/c1-19(2,3)26-18(24)22-17-21-16(23)15(27-17)10-11-5-6-13-12(9-11)14(25-4)7-8-20-13/h5-10H,1-4H3,(H,21,22,23,24)/b15-10-. The molecule has 0 fully saturated rings. The Labute approximate surface area is 160 Å². The Morgan fingerprint density at radius 1 is 1.26 bits per heavy atom. The number of alkyl carbamates (subject to hydrolysis) is 1. The van der Waals surface area contributed by atoms with Gasteiger partial charge in [0.15, 0.2) is 5.17 Å². The van der Waals surface area contributed by atoms with E-state index in [9.17, 15) is 9.59 Å². The van der Waals surface area contributed by atoms with Crippen LogP contribution in [-0.2, 0) is 9.53 Å². The van der Waals surface area contributed by atoms with Crippen LogP contribution in [0, 0.1) is 0 Å². The summed E-state index contributed by atoms with van der Waals surface area (Å²) in [6, 6.07) is 7.38. The second-order valence-electron chi connectivity index (χ2n) is 6.75. The van der Waals surface area contributed by atoms with Gasteiger partial charge in [0.2, 0.25) is 0 Å². The molecule has 3 rings (SSSR count). The third kappa shape index (κ3) is 4.65. The van der Waals surface area contributed by atoms with Crippen LogP contribution in [0.5, 0.6) is 5.75 Å². The molecule has 0 bridgehead atoms. The lowest BCUT2D eigenvalue weighted by Gasteiger charge is -2.19. The number of amides is 2. The Morgan fingerprint density at radius 2 is 2.04 bits per heavy atom. The van der Waals surface area contributed by atoms with Gasteiger partial charge in [-0.15, -0.1) is 0 Å². The zero-order chi connectivity index (χ0) is 19.6. The van der Waals surface area contributed by atoms with E-state index in [2.05, 4.69) is 15.3 Å². The van der Waals surface area contributed by atoms with Gasteiger partial charge in [-0.25, -0.2) is 4.79 Å². The lowest BCUT2D eigenvalue weighted by atomic mass is 10.1. The van der Waals surface area contributed by atoms with Gasteiger partial charge in [-0.1, -0.05) is 6.07 Å². The van der Waals surface area contributed by atoms with E-state index in [4.69, 9.17) is 9.47 Å². The van der Waals surface area contributed by atoms with Crippen LogP contribution in [0.15, 0.2) is 40.4 Å². The van der Waals surface area contributed by atoms with Gasteiger partial charge in [0, 0.05) is 11.6 Å². The number of ether oxygens (including phenoxy) is 2. The number of nitrogens with zero attached hydrogens (tertiary/aromatic N) is 2. The van der Waals surface area contributed by atoms with Crippen molar-refractivity contribution in [2.75, 3.05) is 7.11 Å². The number of thioether (sulfide) groups is 1. The summed E-state index contributed by atoms with van der Waals surface area (Å²) in [6.07, 6.45) is 2.74. The molecule has 1 aromatic heterocycles. The monoisotopic (exact) mass is 385 g/mol. The predicted octanol–water partition coefficient (Wildman–Crippen LogP) is 3.74. The lowest BCUT2D eigenvalue weighted by molar-refractivity contribution is -0.113. The maximum Gasteiger partial charge on any atom is 0.413 e. The van der Waals surface area contributed by atoms with Crippen LogP contribution in [0.3, 0.4) is 0 Å². The Hall–Kier alpha value is -2.87. The number of fused-ring (bicyclic) bond motifs is 1.